The molecule has 0 radical (unpaired) electrons. The van der Waals surface area contributed by atoms with E-state index in [1.807, 2.05) is 0 Å². The molecule has 0 bridgehead atoms. The number of hydrogen-bond acceptors (Lipinski definition) is 2. The molecule has 1 aromatic rings. The van der Waals surface area contributed by atoms with Crippen molar-refractivity contribution in [3.05, 3.63) is 23.0 Å². The third-order valence-corrected chi connectivity index (χ3v) is 3.10. The molecule has 1 aliphatic heterocycles. The highest BCUT2D eigenvalue weighted by Crippen LogP contribution is 2.29. The standard InChI is InChI=1S/C12H17NO2/c1-2-10-7-11(12(8-14)13-10)9-3-5-15-6-4-9/h7-9,13H,2-6H2,1H3. The number of aromatic nitrogens is 1. The zero-order valence-electron chi connectivity index (χ0n) is 9.08. The quantitative estimate of drug-likeness (QED) is 0.773. The molecule has 0 aliphatic carbocycles. The molecule has 2 rings (SSSR count). The summed E-state index contributed by atoms with van der Waals surface area (Å²) in [7, 11) is 0. The van der Waals surface area contributed by atoms with Gasteiger partial charge in [0, 0.05) is 18.9 Å². The molecule has 3 nitrogen and oxygen atoms in total. The van der Waals surface area contributed by atoms with Crippen molar-refractivity contribution < 1.29 is 9.53 Å². The van der Waals surface area contributed by atoms with Crippen molar-refractivity contribution in [2.45, 2.75) is 32.1 Å². The molecule has 1 fully saturated rings. The fourth-order valence-corrected chi connectivity index (χ4v) is 2.18. The van der Waals surface area contributed by atoms with E-state index in [4.69, 9.17) is 4.74 Å². The van der Waals surface area contributed by atoms with Crippen LogP contribution in [0.3, 0.4) is 0 Å². The minimum Gasteiger partial charge on any atom is -0.381 e. The molecular weight excluding hydrogens is 190 g/mol. The van der Waals surface area contributed by atoms with E-state index in [9.17, 15) is 4.79 Å². The monoisotopic (exact) mass is 207 g/mol. The number of rotatable bonds is 3. The Hall–Kier alpha value is -1.09. The molecule has 0 spiro atoms. The number of carbonyl (C=O) groups excluding carboxylic acids is 1. The normalized spacial score (nSPS) is 17.9. The van der Waals surface area contributed by atoms with Gasteiger partial charge in [-0.1, -0.05) is 6.92 Å². The maximum atomic E-state index is 10.9. The van der Waals surface area contributed by atoms with E-state index in [0.717, 1.165) is 50.2 Å². The average molecular weight is 207 g/mol. The zero-order valence-corrected chi connectivity index (χ0v) is 9.08. The number of ether oxygens (including phenoxy) is 1. The van der Waals surface area contributed by atoms with Crippen LogP contribution in [0.4, 0.5) is 0 Å². The van der Waals surface area contributed by atoms with E-state index in [1.165, 1.54) is 5.56 Å². The number of aromatic amines is 1. The van der Waals surface area contributed by atoms with Crippen molar-refractivity contribution in [1.29, 1.82) is 0 Å². The lowest BCUT2D eigenvalue weighted by molar-refractivity contribution is 0.0849. The Morgan fingerprint density at radius 1 is 1.53 bits per heavy atom. The maximum Gasteiger partial charge on any atom is 0.166 e. The van der Waals surface area contributed by atoms with Crippen molar-refractivity contribution >= 4 is 6.29 Å². The first kappa shape index (κ1) is 10.4. The summed E-state index contributed by atoms with van der Waals surface area (Å²) in [6.07, 6.45) is 3.94. The summed E-state index contributed by atoms with van der Waals surface area (Å²) < 4.78 is 5.33. The molecule has 1 saturated heterocycles. The van der Waals surface area contributed by atoms with Gasteiger partial charge in [-0.25, -0.2) is 0 Å². The van der Waals surface area contributed by atoms with Crippen LogP contribution in [0.5, 0.6) is 0 Å². The van der Waals surface area contributed by atoms with E-state index in [0.29, 0.717) is 5.92 Å². The molecule has 1 N–H and O–H groups in total. The van der Waals surface area contributed by atoms with Crippen LogP contribution >= 0.6 is 0 Å². The molecule has 15 heavy (non-hydrogen) atoms. The van der Waals surface area contributed by atoms with Crippen molar-refractivity contribution in [2.24, 2.45) is 0 Å². The van der Waals surface area contributed by atoms with Gasteiger partial charge < -0.3 is 9.72 Å². The number of carbonyl (C=O) groups is 1. The Morgan fingerprint density at radius 3 is 2.87 bits per heavy atom. The van der Waals surface area contributed by atoms with Gasteiger partial charge in [0.05, 0.1) is 5.69 Å². The SMILES string of the molecule is CCc1cc(C2CCOCC2)c(C=O)[nH]1. The molecule has 82 valence electrons. The summed E-state index contributed by atoms with van der Waals surface area (Å²) >= 11 is 0. The third-order valence-electron chi connectivity index (χ3n) is 3.10. The molecular formula is C12H17NO2. The summed E-state index contributed by atoms with van der Waals surface area (Å²) in [4.78, 5) is 14.1. The van der Waals surface area contributed by atoms with Crippen LogP contribution in [-0.2, 0) is 11.2 Å². The number of aldehydes is 1. The second-order valence-corrected chi connectivity index (χ2v) is 4.02. The van der Waals surface area contributed by atoms with Gasteiger partial charge in [0.25, 0.3) is 0 Å². The van der Waals surface area contributed by atoms with Gasteiger partial charge in [0.15, 0.2) is 6.29 Å². The fourth-order valence-electron chi connectivity index (χ4n) is 2.18. The van der Waals surface area contributed by atoms with Crippen molar-refractivity contribution in [3.63, 3.8) is 0 Å². The first-order valence-electron chi connectivity index (χ1n) is 5.59. The molecule has 0 unspecified atom stereocenters. The maximum absolute atomic E-state index is 10.9. The molecule has 1 aromatic heterocycles. The van der Waals surface area contributed by atoms with Crippen LogP contribution in [-0.4, -0.2) is 24.5 Å². The Balaban J connectivity index is 2.24. The van der Waals surface area contributed by atoms with Gasteiger partial charge in [-0.3, -0.25) is 4.79 Å². The predicted octanol–water partition coefficient (Wildman–Crippen LogP) is 2.28. The summed E-state index contributed by atoms with van der Waals surface area (Å²) in [5.74, 6) is 0.496. The van der Waals surface area contributed by atoms with Crippen molar-refractivity contribution in [1.82, 2.24) is 4.98 Å². The van der Waals surface area contributed by atoms with E-state index >= 15 is 0 Å². The number of nitrogens with one attached hydrogen (secondary N) is 1. The van der Waals surface area contributed by atoms with E-state index < -0.39 is 0 Å². The van der Waals surface area contributed by atoms with Crippen molar-refractivity contribution in [2.75, 3.05) is 13.2 Å². The Kier molecular flexibility index (Phi) is 3.21. The molecule has 0 aromatic carbocycles. The van der Waals surface area contributed by atoms with E-state index in [1.54, 1.807) is 0 Å². The van der Waals surface area contributed by atoms with E-state index in [2.05, 4.69) is 18.0 Å². The summed E-state index contributed by atoms with van der Waals surface area (Å²) in [6.45, 7) is 3.72. The van der Waals surface area contributed by atoms with Crippen LogP contribution in [0.15, 0.2) is 6.07 Å². The van der Waals surface area contributed by atoms with Crippen molar-refractivity contribution in [3.8, 4) is 0 Å². The predicted molar refractivity (Wildman–Crippen MR) is 58.4 cm³/mol. The highest BCUT2D eigenvalue weighted by Gasteiger charge is 2.20. The first-order valence-corrected chi connectivity index (χ1v) is 5.59. The second-order valence-electron chi connectivity index (χ2n) is 4.02. The summed E-state index contributed by atoms with van der Waals surface area (Å²) in [5.41, 5.74) is 3.10. The lowest BCUT2D eigenvalue weighted by Crippen LogP contribution is -2.14. The van der Waals surface area contributed by atoms with Gasteiger partial charge in [-0.05, 0) is 36.8 Å². The van der Waals surface area contributed by atoms with Gasteiger partial charge in [0.2, 0.25) is 0 Å². The Labute approximate surface area is 89.8 Å². The molecule has 2 heterocycles. The molecule has 3 heteroatoms. The first-order chi connectivity index (χ1) is 7.35. The highest BCUT2D eigenvalue weighted by atomic mass is 16.5. The van der Waals surface area contributed by atoms with Crippen LogP contribution in [0.25, 0.3) is 0 Å². The van der Waals surface area contributed by atoms with Gasteiger partial charge in [0.1, 0.15) is 0 Å². The fraction of sp³-hybridized carbons (Fsp3) is 0.583. The van der Waals surface area contributed by atoms with Crippen LogP contribution in [0.2, 0.25) is 0 Å². The topological polar surface area (TPSA) is 42.1 Å². The molecule has 0 saturated carbocycles. The summed E-state index contributed by atoms with van der Waals surface area (Å²) in [6, 6.07) is 2.14. The van der Waals surface area contributed by atoms with E-state index in [-0.39, 0.29) is 0 Å². The molecule has 0 amide bonds. The second kappa shape index (κ2) is 4.62. The average Bonchev–Trinajstić information content (AvgIpc) is 2.73. The minimum absolute atomic E-state index is 0.496. The van der Waals surface area contributed by atoms with Gasteiger partial charge in [-0.15, -0.1) is 0 Å². The zero-order chi connectivity index (χ0) is 10.7. The summed E-state index contributed by atoms with van der Waals surface area (Å²) in [5, 5.41) is 0. The molecule has 0 atom stereocenters. The van der Waals surface area contributed by atoms with Crippen LogP contribution in [0, 0.1) is 0 Å². The van der Waals surface area contributed by atoms with Crippen LogP contribution in [0.1, 0.15) is 47.4 Å². The number of H-pyrrole nitrogens is 1. The van der Waals surface area contributed by atoms with Crippen LogP contribution < -0.4 is 0 Å². The number of hydrogen-bond donors (Lipinski definition) is 1. The Morgan fingerprint density at radius 2 is 2.27 bits per heavy atom. The number of aryl methyl sites for hydroxylation is 1. The third kappa shape index (κ3) is 2.12. The lowest BCUT2D eigenvalue weighted by Gasteiger charge is -2.21. The minimum atomic E-state index is 0.496. The van der Waals surface area contributed by atoms with Gasteiger partial charge in [-0.2, -0.15) is 0 Å². The smallest absolute Gasteiger partial charge is 0.166 e. The highest BCUT2D eigenvalue weighted by molar-refractivity contribution is 5.75. The largest absolute Gasteiger partial charge is 0.381 e. The Bertz CT molecular complexity index is 337. The lowest BCUT2D eigenvalue weighted by atomic mass is 9.92. The van der Waals surface area contributed by atoms with Gasteiger partial charge >= 0.3 is 0 Å². The molecule has 1 aliphatic rings.